The van der Waals surface area contributed by atoms with E-state index in [0.29, 0.717) is 42.9 Å². The number of carbonyl (C=O) groups excluding carboxylic acids is 3. The number of nitrogens with one attached hydrogen (secondary N) is 1. The monoisotopic (exact) mass is 488 g/mol. The van der Waals surface area contributed by atoms with Crippen molar-refractivity contribution in [1.29, 1.82) is 0 Å². The number of carbonyl (C=O) groups is 3. The third-order valence-electron chi connectivity index (χ3n) is 7.66. The maximum absolute atomic E-state index is 13.5. The highest BCUT2D eigenvalue weighted by Gasteiger charge is 2.41. The molecule has 190 valence electrons. The lowest BCUT2D eigenvalue weighted by Crippen LogP contribution is -2.44. The van der Waals surface area contributed by atoms with Gasteiger partial charge in [-0.25, -0.2) is 0 Å². The Morgan fingerprint density at radius 3 is 2.56 bits per heavy atom. The van der Waals surface area contributed by atoms with Crippen LogP contribution in [0.25, 0.3) is 0 Å². The molecule has 0 aliphatic carbocycles. The molecule has 0 unspecified atom stereocenters. The van der Waals surface area contributed by atoms with Crippen LogP contribution in [-0.4, -0.2) is 66.3 Å². The van der Waals surface area contributed by atoms with Crippen LogP contribution >= 0.6 is 0 Å². The molecule has 5 rings (SSSR count). The highest BCUT2D eigenvalue weighted by atomic mass is 16.2. The van der Waals surface area contributed by atoms with Crippen LogP contribution in [0.15, 0.2) is 48.5 Å². The summed E-state index contributed by atoms with van der Waals surface area (Å²) in [6.07, 6.45) is 7.67. The number of anilines is 1. The van der Waals surface area contributed by atoms with Gasteiger partial charge in [-0.15, -0.1) is 0 Å². The Hall–Kier alpha value is -3.19. The zero-order valence-electron chi connectivity index (χ0n) is 21.0. The van der Waals surface area contributed by atoms with Gasteiger partial charge >= 0.3 is 0 Å². The summed E-state index contributed by atoms with van der Waals surface area (Å²) in [6.45, 7) is 4.94. The first kappa shape index (κ1) is 24.5. The third kappa shape index (κ3) is 5.31. The predicted octanol–water partition coefficient (Wildman–Crippen LogP) is 3.83. The average Bonchev–Trinajstić information content (AvgIpc) is 3.22. The molecule has 0 spiro atoms. The zero-order chi connectivity index (χ0) is 24.9. The first-order chi connectivity index (χ1) is 17.6. The molecular weight excluding hydrogens is 452 g/mol. The van der Waals surface area contributed by atoms with Crippen LogP contribution in [0.3, 0.4) is 0 Å². The molecule has 2 aromatic rings. The maximum atomic E-state index is 13.5. The second-order valence-electron chi connectivity index (χ2n) is 10.2. The van der Waals surface area contributed by atoms with Gasteiger partial charge in [0, 0.05) is 18.7 Å². The Kier molecular flexibility index (Phi) is 7.66. The summed E-state index contributed by atoms with van der Waals surface area (Å²) in [6, 6.07) is 14.4. The highest BCUT2D eigenvalue weighted by molar-refractivity contribution is 6.11. The number of amides is 3. The van der Waals surface area contributed by atoms with E-state index in [2.05, 4.69) is 10.2 Å². The Morgan fingerprint density at radius 2 is 1.72 bits per heavy atom. The van der Waals surface area contributed by atoms with E-state index in [-0.39, 0.29) is 17.7 Å². The van der Waals surface area contributed by atoms with E-state index in [1.165, 1.54) is 38.8 Å². The molecule has 0 saturated carbocycles. The number of nitrogens with zero attached hydrogens (tertiary/aromatic N) is 3. The average molecular weight is 489 g/mol. The van der Waals surface area contributed by atoms with Crippen LogP contribution in [0, 0.1) is 0 Å². The van der Waals surface area contributed by atoms with Crippen LogP contribution in [0.5, 0.6) is 0 Å². The molecule has 7 heteroatoms. The van der Waals surface area contributed by atoms with Gasteiger partial charge in [-0.2, -0.15) is 0 Å². The minimum absolute atomic E-state index is 0.0471. The largest absolute Gasteiger partial charge is 0.352 e. The number of likely N-dealkylation sites (tertiary alicyclic amines) is 1. The summed E-state index contributed by atoms with van der Waals surface area (Å²) in [5.74, 6) is -0.209. The van der Waals surface area contributed by atoms with E-state index in [9.17, 15) is 14.4 Å². The van der Waals surface area contributed by atoms with E-state index in [1.807, 2.05) is 42.5 Å². The number of hydrogen-bond acceptors (Lipinski definition) is 4. The van der Waals surface area contributed by atoms with Gasteiger partial charge < -0.3 is 20.0 Å². The van der Waals surface area contributed by atoms with Gasteiger partial charge in [-0.1, -0.05) is 37.1 Å². The topological polar surface area (TPSA) is 73.0 Å². The van der Waals surface area contributed by atoms with Crippen molar-refractivity contribution in [2.45, 2.75) is 57.5 Å². The molecule has 3 aliphatic heterocycles. The van der Waals surface area contributed by atoms with Crippen molar-refractivity contribution < 1.29 is 14.4 Å². The van der Waals surface area contributed by atoms with Crippen molar-refractivity contribution in [3.63, 3.8) is 0 Å². The number of benzene rings is 2. The Balaban J connectivity index is 1.25. The first-order valence-electron chi connectivity index (χ1n) is 13.4. The summed E-state index contributed by atoms with van der Waals surface area (Å²) >= 11 is 0. The Morgan fingerprint density at radius 1 is 0.917 bits per heavy atom. The molecule has 1 atom stereocenters. The smallest absolute Gasteiger partial charge is 0.256 e. The van der Waals surface area contributed by atoms with Gasteiger partial charge in [0.2, 0.25) is 5.91 Å². The molecule has 0 radical (unpaired) electrons. The summed E-state index contributed by atoms with van der Waals surface area (Å²) in [5, 5.41) is 3.06. The van der Waals surface area contributed by atoms with Crippen molar-refractivity contribution in [2.75, 3.05) is 37.6 Å². The number of para-hydroxylation sites is 1. The third-order valence-corrected chi connectivity index (χ3v) is 7.66. The Bertz CT molecular complexity index is 1110. The molecule has 0 bridgehead atoms. The molecule has 2 aromatic carbocycles. The quantitative estimate of drug-likeness (QED) is 0.601. The molecule has 3 amide bonds. The predicted molar refractivity (Wildman–Crippen MR) is 140 cm³/mol. The normalized spacial score (nSPS) is 20.5. The Labute approximate surface area is 213 Å². The van der Waals surface area contributed by atoms with Gasteiger partial charge in [0.25, 0.3) is 11.8 Å². The van der Waals surface area contributed by atoms with Gasteiger partial charge in [0.15, 0.2) is 0 Å². The van der Waals surface area contributed by atoms with Gasteiger partial charge in [-0.3, -0.25) is 14.4 Å². The van der Waals surface area contributed by atoms with E-state index in [1.54, 1.807) is 15.9 Å². The summed E-state index contributed by atoms with van der Waals surface area (Å²) in [5.41, 5.74) is 2.67. The molecule has 2 saturated heterocycles. The van der Waals surface area contributed by atoms with Crippen molar-refractivity contribution in [2.24, 2.45) is 0 Å². The fourth-order valence-corrected chi connectivity index (χ4v) is 5.73. The van der Waals surface area contributed by atoms with E-state index in [4.69, 9.17) is 0 Å². The van der Waals surface area contributed by atoms with E-state index < -0.39 is 6.04 Å². The van der Waals surface area contributed by atoms with Crippen LogP contribution in [-0.2, 0) is 11.3 Å². The van der Waals surface area contributed by atoms with Gasteiger partial charge in [-0.05, 0) is 81.6 Å². The molecule has 7 nitrogen and oxygen atoms in total. The molecule has 0 aromatic heterocycles. The molecule has 36 heavy (non-hydrogen) atoms. The fraction of sp³-hybridized carbons (Fsp3) is 0.483. The van der Waals surface area contributed by atoms with Crippen molar-refractivity contribution >= 4 is 23.4 Å². The lowest BCUT2D eigenvalue weighted by atomic mass is 10.1. The van der Waals surface area contributed by atoms with E-state index in [0.717, 1.165) is 24.9 Å². The van der Waals surface area contributed by atoms with Crippen LogP contribution in [0.1, 0.15) is 71.2 Å². The summed E-state index contributed by atoms with van der Waals surface area (Å²) in [7, 11) is 0. The number of hydrogen-bond donors (Lipinski definition) is 1. The van der Waals surface area contributed by atoms with Crippen LogP contribution in [0.4, 0.5) is 5.69 Å². The van der Waals surface area contributed by atoms with Crippen molar-refractivity contribution in [1.82, 2.24) is 15.1 Å². The van der Waals surface area contributed by atoms with Crippen LogP contribution in [0.2, 0.25) is 0 Å². The number of fused-ring (bicyclic) bond motifs is 2. The lowest BCUT2D eigenvalue weighted by molar-refractivity contribution is -0.122. The van der Waals surface area contributed by atoms with Gasteiger partial charge in [0.1, 0.15) is 6.04 Å². The highest BCUT2D eigenvalue weighted by Crippen LogP contribution is 2.33. The molecule has 2 fully saturated rings. The fourth-order valence-electron chi connectivity index (χ4n) is 5.73. The van der Waals surface area contributed by atoms with Crippen LogP contribution < -0.4 is 10.2 Å². The second-order valence-corrected chi connectivity index (χ2v) is 10.2. The van der Waals surface area contributed by atoms with E-state index >= 15 is 0 Å². The van der Waals surface area contributed by atoms with Crippen molar-refractivity contribution in [3.8, 4) is 0 Å². The maximum Gasteiger partial charge on any atom is 0.256 e. The molecule has 3 heterocycles. The van der Waals surface area contributed by atoms with Crippen molar-refractivity contribution in [3.05, 3.63) is 65.2 Å². The minimum Gasteiger partial charge on any atom is -0.352 e. The summed E-state index contributed by atoms with van der Waals surface area (Å²) < 4.78 is 0. The molecule has 1 N–H and O–H groups in total. The summed E-state index contributed by atoms with van der Waals surface area (Å²) in [4.78, 5) is 45.5. The first-order valence-corrected chi connectivity index (χ1v) is 13.4. The zero-order valence-corrected chi connectivity index (χ0v) is 21.0. The molecule has 3 aliphatic rings. The van der Waals surface area contributed by atoms with Gasteiger partial charge in [0.05, 0.1) is 17.8 Å². The minimum atomic E-state index is -0.416. The second kappa shape index (κ2) is 11.2. The SMILES string of the molecule is O=C(NCCCN1CCCCCC1)c1cccc(CN2C(=O)[C@H]3CCCN3C(=O)c3ccccc32)c1. The standard InChI is InChI=1S/C29H36N4O3/c34-27(30-15-9-18-31-16-5-1-2-6-17-31)23-11-7-10-22(20-23)21-33-25-13-4-3-12-24(25)28(35)32-19-8-14-26(32)29(33)36/h3-4,7,10-13,20,26H,1-2,5-6,8-9,14-19,21H2,(H,30,34)/t26-/m1/s1. The number of rotatable bonds is 7. The lowest BCUT2D eigenvalue weighted by Gasteiger charge is -2.26. The molecular formula is C29H36N4O3.